The number of nitrogens with one attached hydrogen (secondary N) is 1. The van der Waals surface area contributed by atoms with Gasteiger partial charge in [-0.25, -0.2) is 35.1 Å². The Morgan fingerprint density at radius 3 is 0.664 bits per heavy atom. The number of hydrogen-bond acceptors (Lipinski definition) is 9. The highest BCUT2D eigenvalue weighted by atomic mass is 19.2. The van der Waals surface area contributed by atoms with E-state index in [1.807, 2.05) is 353 Å². The predicted octanol–water partition coefficient (Wildman–Crippen LogP) is 32.8. The topological polar surface area (TPSA) is 38.0 Å². The summed E-state index contributed by atoms with van der Waals surface area (Å²) in [5.41, 5.74) is 6.33. The lowest BCUT2D eigenvalue weighted by Crippen LogP contribution is -2.40. The maximum absolute atomic E-state index is 18.3. The lowest BCUT2D eigenvalue weighted by molar-refractivity contribution is 0.546. The summed E-state index contributed by atoms with van der Waals surface area (Å²) in [4.78, 5) is 14.3. The van der Waals surface area contributed by atoms with Crippen molar-refractivity contribution < 1.29 is 35.1 Å². The van der Waals surface area contributed by atoms with Gasteiger partial charge in [-0.1, -0.05) is 224 Å². The third kappa shape index (κ3) is 17.3. The predicted molar refractivity (Wildman–Crippen MR) is 517 cm³/mol. The Morgan fingerprint density at radius 2 is 0.389 bits per heavy atom. The fourth-order valence-electron chi connectivity index (χ4n) is 17.3. The molecule has 17 heteroatoms. The first-order valence-electron chi connectivity index (χ1n) is 42.7. The lowest BCUT2D eigenvalue weighted by Gasteiger charge is -2.43. The Labute approximate surface area is 754 Å². The Morgan fingerprint density at radius 1 is 0.183 bits per heavy atom. The van der Waals surface area contributed by atoms with Crippen LogP contribution in [0.1, 0.15) is 12.0 Å². The Bertz CT molecular complexity index is 6750. The zero-order valence-corrected chi connectivity index (χ0v) is 70.3. The maximum atomic E-state index is 18.3. The number of allylic oxidation sites excluding steroid dienone is 1. The van der Waals surface area contributed by atoms with E-state index in [1.54, 1.807) is 66.7 Å². The Balaban J connectivity index is 0.874. The molecule has 131 heavy (non-hydrogen) atoms. The van der Waals surface area contributed by atoms with Crippen molar-refractivity contribution >= 4 is 131 Å². The summed E-state index contributed by atoms with van der Waals surface area (Å²) in [6.45, 7) is 0. The fraction of sp³-hybridized carbons (Fsp3) is 0.0175. The van der Waals surface area contributed by atoms with Crippen LogP contribution in [-0.4, -0.2) is 0 Å². The zero-order valence-electron chi connectivity index (χ0n) is 70.3. The summed E-state index contributed by atoms with van der Waals surface area (Å²) in [6, 6.07) is 134. The molecule has 18 aromatic carbocycles. The molecule has 638 valence electrons. The zero-order chi connectivity index (χ0) is 89.3. The SMILES string of the molecule is Fc1cccc(F)c1NC1(c2cccc(N(c3cc(N(c4ccccc4)c4ccccc4)cc(N(c4cccc(N(c5cc(N(c6ccccc6)c6ccccc6)cc(N(c6ccccc6)c6ccccc6)c5)c5c(F)cccc5F)c4)c4c(F)cccc4F)c3)c3c(F)cccc3F)c2)C=C(N(c2ccccc2)c2ccccc2)C=C(N(c2ccccc2)c2ccccc2)C1. The summed E-state index contributed by atoms with van der Waals surface area (Å²) in [5.74, 6) is -7.95. The van der Waals surface area contributed by atoms with Crippen molar-refractivity contribution in [3.05, 3.63) is 537 Å². The average Bonchev–Trinajstić information content (AvgIpc) is 0.741. The van der Waals surface area contributed by atoms with E-state index in [0.29, 0.717) is 39.7 Å². The van der Waals surface area contributed by atoms with Crippen molar-refractivity contribution in [3.8, 4) is 0 Å². The highest BCUT2D eigenvalue weighted by molar-refractivity contribution is 5.94. The number of para-hydroxylation sites is 14. The van der Waals surface area contributed by atoms with E-state index in [4.69, 9.17) is 0 Å². The molecule has 1 N–H and O–H groups in total. The Kier molecular flexibility index (Phi) is 23.8. The molecule has 0 fully saturated rings. The molecule has 0 aromatic heterocycles. The van der Waals surface area contributed by atoms with Gasteiger partial charge in [-0.05, 0) is 254 Å². The van der Waals surface area contributed by atoms with Crippen LogP contribution in [0.25, 0.3) is 0 Å². The van der Waals surface area contributed by atoms with Crippen LogP contribution < -0.4 is 44.5 Å². The summed E-state index contributed by atoms with van der Waals surface area (Å²) in [5, 5.41) is 3.48. The van der Waals surface area contributed by atoms with E-state index in [0.717, 1.165) is 81.9 Å². The van der Waals surface area contributed by atoms with Crippen molar-refractivity contribution in [3.63, 3.8) is 0 Å². The molecule has 0 radical (unpaired) electrons. The standard InChI is InChI=1S/C114H81F8N9/c115-102-61-33-62-103(116)110(102)123-114(78-100(127(87-50-23-7-24-51-87)88-52-25-8-26-53-88)77-101(79-114)128(89-54-27-9-28-55-89)90-56-29-10-30-57-90)80-37-31-58-91(69-80)129(111-104(117)63-34-64-105(111)118)98-74-96(126(85-46-19-5-20-47-85)86-48-21-6-22-49-86)75-99(76-98)131(113-108(121)67-36-68-109(113)122)93-60-32-59-92(70-93)130(112-106(119)65-35-66-107(112)120)97-72-94(124(81-38-11-1-12-39-81)82-40-13-2-14-41-82)71-95(73-97)125(83-42-15-3-16-43-83)84-44-17-4-18-45-84/h1-78,123H,79H2. The lowest BCUT2D eigenvalue weighted by atomic mass is 9.79. The van der Waals surface area contributed by atoms with E-state index < -0.39 is 74.8 Å². The van der Waals surface area contributed by atoms with Crippen molar-refractivity contribution in [1.29, 1.82) is 0 Å². The first kappa shape index (κ1) is 83.6. The van der Waals surface area contributed by atoms with Gasteiger partial charge in [0.05, 0.1) is 39.7 Å². The fourth-order valence-corrected chi connectivity index (χ4v) is 17.3. The quantitative estimate of drug-likeness (QED) is 0.0507. The van der Waals surface area contributed by atoms with Crippen molar-refractivity contribution in [1.82, 2.24) is 0 Å². The second-order valence-corrected chi connectivity index (χ2v) is 31.3. The molecule has 0 saturated carbocycles. The monoisotopic (exact) mass is 1730 g/mol. The highest BCUT2D eigenvalue weighted by Gasteiger charge is 2.41. The van der Waals surface area contributed by atoms with Crippen LogP contribution in [0.3, 0.4) is 0 Å². The van der Waals surface area contributed by atoms with E-state index in [9.17, 15) is 0 Å². The second kappa shape index (κ2) is 37.3. The molecular formula is C114H81F8N9. The maximum Gasteiger partial charge on any atom is 0.150 e. The smallest absolute Gasteiger partial charge is 0.150 e. The third-order valence-electron chi connectivity index (χ3n) is 22.9. The van der Waals surface area contributed by atoms with Gasteiger partial charge in [-0.15, -0.1) is 0 Å². The van der Waals surface area contributed by atoms with Gasteiger partial charge in [-0.3, -0.25) is 0 Å². The van der Waals surface area contributed by atoms with Crippen LogP contribution in [0.15, 0.2) is 485 Å². The average molecular weight is 1730 g/mol. The highest BCUT2D eigenvalue weighted by Crippen LogP contribution is 2.54. The molecule has 0 heterocycles. The summed E-state index contributed by atoms with van der Waals surface area (Å²) >= 11 is 0. The van der Waals surface area contributed by atoms with Crippen LogP contribution >= 0.6 is 0 Å². The molecule has 18 aromatic rings. The van der Waals surface area contributed by atoms with Crippen LogP contribution in [0, 0.1) is 46.5 Å². The van der Waals surface area contributed by atoms with Gasteiger partial charge in [0.25, 0.3) is 0 Å². The van der Waals surface area contributed by atoms with E-state index in [-0.39, 0.29) is 46.2 Å². The molecule has 0 amide bonds. The third-order valence-corrected chi connectivity index (χ3v) is 22.9. The summed E-state index contributed by atoms with van der Waals surface area (Å²) < 4.78 is 144. The van der Waals surface area contributed by atoms with Crippen LogP contribution in [0.4, 0.5) is 166 Å². The van der Waals surface area contributed by atoms with Crippen molar-refractivity contribution in [2.24, 2.45) is 0 Å². The van der Waals surface area contributed by atoms with Gasteiger partial charge in [0.1, 0.15) is 69.3 Å². The summed E-state index contributed by atoms with van der Waals surface area (Å²) in [6.07, 6.45) is 3.89. The second-order valence-electron chi connectivity index (χ2n) is 31.3. The molecule has 0 saturated heterocycles. The number of benzene rings is 18. The minimum absolute atomic E-state index is 0.00290. The van der Waals surface area contributed by atoms with E-state index >= 15 is 35.1 Å². The Hall–Kier alpha value is -16.9. The van der Waals surface area contributed by atoms with Gasteiger partial charge in [-0.2, -0.15) is 0 Å². The number of hydrogen-bond donors (Lipinski definition) is 1. The summed E-state index contributed by atoms with van der Waals surface area (Å²) in [7, 11) is 0. The van der Waals surface area contributed by atoms with Gasteiger partial charge < -0.3 is 44.5 Å². The molecule has 0 spiro atoms. The molecule has 1 aliphatic rings. The molecule has 9 nitrogen and oxygen atoms in total. The van der Waals surface area contributed by atoms with E-state index in [1.165, 1.54) is 51.1 Å². The first-order valence-corrected chi connectivity index (χ1v) is 42.7. The number of rotatable bonds is 27. The molecule has 19 rings (SSSR count). The largest absolute Gasteiger partial charge is 0.367 e. The van der Waals surface area contributed by atoms with Crippen LogP contribution in [0.2, 0.25) is 0 Å². The molecule has 1 unspecified atom stereocenters. The van der Waals surface area contributed by atoms with Crippen LogP contribution in [-0.2, 0) is 5.54 Å². The minimum atomic E-state index is -1.77. The number of nitrogens with zero attached hydrogens (tertiary/aromatic N) is 8. The normalized spacial score (nSPS) is 12.8. The van der Waals surface area contributed by atoms with Gasteiger partial charge in [0, 0.05) is 91.8 Å². The minimum Gasteiger partial charge on any atom is -0.367 e. The molecule has 1 atom stereocenters. The molecule has 0 aliphatic heterocycles. The number of halogens is 8. The van der Waals surface area contributed by atoms with E-state index in [2.05, 4.69) is 10.2 Å². The van der Waals surface area contributed by atoms with Gasteiger partial charge in [0.2, 0.25) is 0 Å². The molecular weight excluding hydrogens is 1650 g/mol. The molecule has 1 aliphatic carbocycles. The number of anilines is 23. The van der Waals surface area contributed by atoms with Gasteiger partial charge in [0.15, 0.2) is 0 Å². The van der Waals surface area contributed by atoms with Crippen molar-refractivity contribution in [2.45, 2.75) is 12.0 Å². The first-order chi connectivity index (χ1) is 64.3. The molecule has 0 bridgehead atoms. The van der Waals surface area contributed by atoms with Gasteiger partial charge >= 0.3 is 0 Å². The van der Waals surface area contributed by atoms with Crippen molar-refractivity contribution in [2.75, 3.05) is 44.5 Å². The van der Waals surface area contributed by atoms with Crippen LogP contribution in [0.5, 0.6) is 0 Å².